The van der Waals surface area contributed by atoms with E-state index in [-0.39, 0.29) is 11.9 Å². The predicted octanol–water partition coefficient (Wildman–Crippen LogP) is 4.07. The van der Waals surface area contributed by atoms with E-state index >= 15 is 0 Å². The Morgan fingerprint density at radius 3 is 2.50 bits per heavy atom. The molecule has 0 atom stereocenters. The van der Waals surface area contributed by atoms with Gasteiger partial charge in [0.15, 0.2) is 0 Å². The van der Waals surface area contributed by atoms with Crippen molar-refractivity contribution in [2.45, 2.75) is 52.7 Å². The molecule has 118 valence electrons. The summed E-state index contributed by atoms with van der Waals surface area (Å²) in [6.07, 6.45) is 3.61. The summed E-state index contributed by atoms with van der Waals surface area (Å²) < 4.78 is 2.23. The molecular weight excluding hydrogens is 272 g/mol. The number of aromatic nitrogens is 1. The van der Waals surface area contributed by atoms with Crippen LogP contribution in [0.15, 0.2) is 48.7 Å². The second-order valence-electron chi connectivity index (χ2n) is 5.98. The summed E-state index contributed by atoms with van der Waals surface area (Å²) in [7, 11) is 0. The SMILES string of the molecule is CCCC(=O)N(Cc1cccn1Cc1ccccc1)C(C)C. The highest BCUT2D eigenvalue weighted by atomic mass is 16.2. The van der Waals surface area contributed by atoms with E-state index in [1.165, 1.54) is 11.3 Å². The first kappa shape index (κ1) is 16.3. The molecule has 0 fully saturated rings. The minimum atomic E-state index is 0.221. The minimum Gasteiger partial charge on any atom is -0.345 e. The fraction of sp³-hybridized carbons (Fsp3) is 0.421. The van der Waals surface area contributed by atoms with E-state index < -0.39 is 0 Å². The third-order valence-electron chi connectivity index (χ3n) is 3.86. The predicted molar refractivity (Wildman–Crippen MR) is 90.6 cm³/mol. The molecule has 0 saturated heterocycles. The van der Waals surface area contributed by atoms with E-state index in [1.54, 1.807) is 0 Å². The van der Waals surface area contributed by atoms with Crippen molar-refractivity contribution < 1.29 is 4.79 Å². The van der Waals surface area contributed by atoms with Gasteiger partial charge in [-0.2, -0.15) is 0 Å². The van der Waals surface area contributed by atoms with Crippen LogP contribution in [0.25, 0.3) is 0 Å². The number of carbonyl (C=O) groups excluding carboxylic acids is 1. The van der Waals surface area contributed by atoms with Gasteiger partial charge in [0, 0.05) is 30.9 Å². The normalized spacial score (nSPS) is 10.9. The van der Waals surface area contributed by atoms with E-state index in [9.17, 15) is 4.79 Å². The van der Waals surface area contributed by atoms with Crippen LogP contribution in [0.5, 0.6) is 0 Å². The fourth-order valence-corrected chi connectivity index (χ4v) is 2.62. The number of hydrogen-bond acceptors (Lipinski definition) is 1. The zero-order chi connectivity index (χ0) is 15.9. The van der Waals surface area contributed by atoms with E-state index in [2.05, 4.69) is 67.9 Å². The van der Waals surface area contributed by atoms with Gasteiger partial charge in [-0.1, -0.05) is 37.3 Å². The number of carbonyl (C=O) groups is 1. The molecule has 0 aliphatic heterocycles. The summed E-state index contributed by atoms with van der Waals surface area (Å²) in [5, 5.41) is 0. The number of rotatable bonds is 7. The van der Waals surface area contributed by atoms with Gasteiger partial charge in [0.25, 0.3) is 0 Å². The van der Waals surface area contributed by atoms with Crippen LogP contribution in [0.3, 0.4) is 0 Å². The molecular formula is C19H26N2O. The minimum absolute atomic E-state index is 0.221. The smallest absolute Gasteiger partial charge is 0.223 e. The maximum atomic E-state index is 12.3. The van der Waals surface area contributed by atoms with E-state index in [0.29, 0.717) is 13.0 Å². The largest absolute Gasteiger partial charge is 0.345 e. The molecule has 1 amide bonds. The van der Waals surface area contributed by atoms with Gasteiger partial charge < -0.3 is 9.47 Å². The average molecular weight is 298 g/mol. The van der Waals surface area contributed by atoms with E-state index in [4.69, 9.17) is 0 Å². The van der Waals surface area contributed by atoms with Crippen LogP contribution in [0.1, 0.15) is 44.9 Å². The summed E-state index contributed by atoms with van der Waals surface area (Å²) in [5.41, 5.74) is 2.46. The molecule has 0 unspecified atom stereocenters. The van der Waals surface area contributed by atoms with Crippen molar-refractivity contribution in [3.8, 4) is 0 Å². The quantitative estimate of drug-likeness (QED) is 0.756. The molecule has 0 N–H and O–H groups in total. The molecule has 0 spiro atoms. The van der Waals surface area contributed by atoms with Crippen LogP contribution >= 0.6 is 0 Å². The maximum absolute atomic E-state index is 12.3. The molecule has 2 aromatic rings. The third kappa shape index (κ3) is 4.23. The highest BCUT2D eigenvalue weighted by Gasteiger charge is 2.17. The Balaban J connectivity index is 2.12. The van der Waals surface area contributed by atoms with Crippen LogP contribution < -0.4 is 0 Å². The summed E-state index contributed by atoms with van der Waals surface area (Å²) in [4.78, 5) is 14.3. The van der Waals surface area contributed by atoms with Crippen molar-refractivity contribution in [3.05, 3.63) is 59.9 Å². The number of nitrogens with zero attached hydrogens (tertiary/aromatic N) is 2. The highest BCUT2D eigenvalue weighted by Crippen LogP contribution is 2.14. The topological polar surface area (TPSA) is 25.2 Å². The van der Waals surface area contributed by atoms with Gasteiger partial charge in [-0.3, -0.25) is 4.79 Å². The van der Waals surface area contributed by atoms with E-state index in [1.807, 2.05) is 11.0 Å². The molecule has 0 saturated carbocycles. The van der Waals surface area contributed by atoms with Gasteiger partial charge in [-0.25, -0.2) is 0 Å². The van der Waals surface area contributed by atoms with Crippen LogP contribution in [0.4, 0.5) is 0 Å². The molecule has 0 aliphatic rings. The standard InChI is InChI=1S/C19H26N2O/c1-4-9-19(22)21(16(2)3)15-18-12-8-13-20(18)14-17-10-6-5-7-11-17/h5-8,10-13,16H,4,9,14-15H2,1-3H3. The molecule has 2 rings (SSSR count). The zero-order valence-corrected chi connectivity index (χ0v) is 13.8. The first-order valence-electron chi connectivity index (χ1n) is 8.09. The molecule has 0 radical (unpaired) electrons. The Labute approximate surface area is 133 Å². The van der Waals surface area contributed by atoms with Crippen molar-refractivity contribution in [2.75, 3.05) is 0 Å². The van der Waals surface area contributed by atoms with Crippen molar-refractivity contribution in [2.24, 2.45) is 0 Å². The van der Waals surface area contributed by atoms with E-state index in [0.717, 1.165) is 13.0 Å². The van der Waals surface area contributed by atoms with Crippen LogP contribution in [0, 0.1) is 0 Å². The number of amides is 1. The van der Waals surface area contributed by atoms with Crippen LogP contribution in [0.2, 0.25) is 0 Å². The van der Waals surface area contributed by atoms with Gasteiger partial charge in [0.2, 0.25) is 5.91 Å². The summed E-state index contributed by atoms with van der Waals surface area (Å²) in [6.45, 7) is 7.73. The lowest BCUT2D eigenvalue weighted by Gasteiger charge is -2.27. The lowest BCUT2D eigenvalue weighted by molar-refractivity contribution is -0.133. The van der Waals surface area contributed by atoms with Crippen LogP contribution in [-0.4, -0.2) is 21.4 Å². The Hall–Kier alpha value is -2.03. The molecule has 1 aromatic carbocycles. The number of benzene rings is 1. The maximum Gasteiger partial charge on any atom is 0.223 e. The first-order chi connectivity index (χ1) is 10.6. The van der Waals surface area contributed by atoms with Crippen LogP contribution in [-0.2, 0) is 17.9 Å². The molecule has 1 heterocycles. The van der Waals surface area contributed by atoms with Crippen molar-refractivity contribution in [3.63, 3.8) is 0 Å². The summed E-state index contributed by atoms with van der Waals surface area (Å²) in [6, 6.07) is 14.8. The highest BCUT2D eigenvalue weighted by molar-refractivity contribution is 5.76. The summed E-state index contributed by atoms with van der Waals surface area (Å²) >= 11 is 0. The van der Waals surface area contributed by atoms with Crippen molar-refractivity contribution in [1.29, 1.82) is 0 Å². The Bertz CT molecular complexity index is 586. The average Bonchev–Trinajstić information content (AvgIpc) is 2.92. The van der Waals surface area contributed by atoms with Gasteiger partial charge in [0.05, 0.1) is 6.54 Å². The molecule has 3 heteroatoms. The molecule has 0 aliphatic carbocycles. The van der Waals surface area contributed by atoms with Crippen molar-refractivity contribution >= 4 is 5.91 Å². The monoisotopic (exact) mass is 298 g/mol. The first-order valence-corrected chi connectivity index (χ1v) is 8.09. The van der Waals surface area contributed by atoms with Gasteiger partial charge in [-0.15, -0.1) is 0 Å². The van der Waals surface area contributed by atoms with Gasteiger partial charge in [0.1, 0.15) is 0 Å². The van der Waals surface area contributed by atoms with Crippen molar-refractivity contribution in [1.82, 2.24) is 9.47 Å². The van der Waals surface area contributed by atoms with Gasteiger partial charge in [-0.05, 0) is 38.0 Å². The second-order valence-corrected chi connectivity index (χ2v) is 5.98. The second kappa shape index (κ2) is 7.83. The molecule has 0 bridgehead atoms. The third-order valence-corrected chi connectivity index (χ3v) is 3.86. The molecule has 1 aromatic heterocycles. The zero-order valence-electron chi connectivity index (χ0n) is 13.8. The number of hydrogen-bond donors (Lipinski definition) is 0. The molecule has 22 heavy (non-hydrogen) atoms. The Morgan fingerprint density at radius 2 is 1.86 bits per heavy atom. The fourth-order valence-electron chi connectivity index (χ4n) is 2.62. The Kier molecular flexibility index (Phi) is 5.82. The summed E-state index contributed by atoms with van der Waals surface area (Å²) in [5.74, 6) is 0.241. The Morgan fingerprint density at radius 1 is 1.14 bits per heavy atom. The molecule has 3 nitrogen and oxygen atoms in total. The lowest BCUT2D eigenvalue weighted by Crippen LogP contribution is -2.36. The van der Waals surface area contributed by atoms with Gasteiger partial charge >= 0.3 is 0 Å². The lowest BCUT2D eigenvalue weighted by atomic mass is 10.2.